The van der Waals surface area contributed by atoms with Gasteiger partial charge in [0.05, 0.1) is 11.7 Å². The summed E-state index contributed by atoms with van der Waals surface area (Å²) >= 11 is 0. The van der Waals surface area contributed by atoms with Gasteiger partial charge in [0.2, 0.25) is 0 Å². The molecule has 0 amide bonds. The lowest BCUT2D eigenvalue weighted by molar-refractivity contribution is 0.258. The van der Waals surface area contributed by atoms with Crippen LogP contribution in [0, 0.1) is 5.92 Å². The molecular formula is C18H33N3. The molecule has 1 aliphatic carbocycles. The fourth-order valence-electron chi connectivity index (χ4n) is 3.32. The zero-order chi connectivity index (χ0) is 15.1. The average Bonchev–Trinajstić information content (AvgIpc) is 2.89. The molecule has 1 unspecified atom stereocenters. The van der Waals surface area contributed by atoms with Crippen molar-refractivity contribution < 1.29 is 0 Å². The second kappa shape index (κ2) is 8.57. The van der Waals surface area contributed by atoms with Gasteiger partial charge in [-0.25, -0.2) is 0 Å². The highest BCUT2D eigenvalue weighted by molar-refractivity contribution is 5.03. The molecule has 2 rings (SSSR count). The smallest absolute Gasteiger partial charge is 0.0640 e. The molecule has 1 aromatic heterocycles. The first-order valence-corrected chi connectivity index (χ1v) is 9.04. The molecule has 0 aliphatic heterocycles. The third kappa shape index (κ3) is 4.84. The molecule has 1 atom stereocenters. The minimum absolute atomic E-state index is 0.562. The van der Waals surface area contributed by atoms with Crippen LogP contribution in [0.25, 0.3) is 0 Å². The van der Waals surface area contributed by atoms with Crippen molar-refractivity contribution in [2.45, 2.75) is 84.2 Å². The van der Waals surface area contributed by atoms with E-state index in [1.165, 1.54) is 37.8 Å². The fourth-order valence-corrected chi connectivity index (χ4v) is 3.32. The summed E-state index contributed by atoms with van der Waals surface area (Å²) in [4.78, 5) is 0. The monoisotopic (exact) mass is 291 g/mol. The van der Waals surface area contributed by atoms with Gasteiger partial charge in [0.25, 0.3) is 0 Å². The van der Waals surface area contributed by atoms with Crippen molar-refractivity contribution in [1.29, 1.82) is 0 Å². The van der Waals surface area contributed by atoms with E-state index in [-0.39, 0.29) is 0 Å². The van der Waals surface area contributed by atoms with E-state index in [4.69, 9.17) is 5.10 Å². The fraction of sp³-hybridized carbons (Fsp3) is 0.833. The van der Waals surface area contributed by atoms with Crippen LogP contribution < -0.4 is 5.32 Å². The van der Waals surface area contributed by atoms with Gasteiger partial charge in [-0.15, -0.1) is 0 Å². The highest BCUT2D eigenvalue weighted by Crippen LogP contribution is 2.31. The van der Waals surface area contributed by atoms with E-state index >= 15 is 0 Å². The molecule has 120 valence electrons. The summed E-state index contributed by atoms with van der Waals surface area (Å²) < 4.78 is 2.18. The van der Waals surface area contributed by atoms with Crippen molar-refractivity contribution in [3.8, 4) is 0 Å². The Balaban J connectivity index is 1.91. The van der Waals surface area contributed by atoms with Gasteiger partial charge in [0, 0.05) is 18.7 Å². The number of nitrogens with one attached hydrogen (secondary N) is 1. The molecule has 1 N–H and O–H groups in total. The molecule has 0 aromatic carbocycles. The molecule has 0 saturated heterocycles. The number of nitrogens with zero attached hydrogens (tertiary/aromatic N) is 2. The standard InChI is InChI=1S/C18H33N3/c1-4-11-19-17(13-15-8-7-9-15)14-16-10-12-21(20-16)18(5-2)6-3/h10,12,15,17-19H,4-9,11,13-14H2,1-3H3. The summed E-state index contributed by atoms with van der Waals surface area (Å²) in [6.07, 6.45) is 12.4. The maximum absolute atomic E-state index is 4.83. The van der Waals surface area contributed by atoms with E-state index in [9.17, 15) is 0 Å². The van der Waals surface area contributed by atoms with Crippen LogP contribution in [-0.4, -0.2) is 22.4 Å². The molecule has 0 spiro atoms. The molecule has 1 fully saturated rings. The van der Waals surface area contributed by atoms with Gasteiger partial charge in [-0.1, -0.05) is 40.0 Å². The van der Waals surface area contributed by atoms with Crippen molar-refractivity contribution in [2.75, 3.05) is 6.54 Å². The third-order valence-electron chi connectivity index (χ3n) is 4.96. The number of hydrogen-bond donors (Lipinski definition) is 1. The van der Waals surface area contributed by atoms with E-state index in [0.29, 0.717) is 12.1 Å². The number of hydrogen-bond acceptors (Lipinski definition) is 2. The Bertz CT molecular complexity index is 391. The van der Waals surface area contributed by atoms with E-state index in [2.05, 4.69) is 43.0 Å². The molecule has 0 bridgehead atoms. The Morgan fingerprint density at radius 1 is 1.29 bits per heavy atom. The zero-order valence-electron chi connectivity index (χ0n) is 14.1. The lowest BCUT2D eigenvalue weighted by Crippen LogP contribution is -2.35. The van der Waals surface area contributed by atoms with Gasteiger partial charge in [-0.05, 0) is 44.2 Å². The minimum atomic E-state index is 0.562. The summed E-state index contributed by atoms with van der Waals surface area (Å²) in [6.45, 7) is 7.87. The van der Waals surface area contributed by atoms with Gasteiger partial charge in [-0.2, -0.15) is 5.10 Å². The zero-order valence-corrected chi connectivity index (χ0v) is 14.1. The van der Waals surface area contributed by atoms with Gasteiger partial charge >= 0.3 is 0 Å². The van der Waals surface area contributed by atoms with Gasteiger partial charge in [0.15, 0.2) is 0 Å². The van der Waals surface area contributed by atoms with Crippen molar-refractivity contribution >= 4 is 0 Å². The topological polar surface area (TPSA) is 29.9 Å². The van der Waals surface area contributed by atoms with E-state index < -0.39 is 0 Å². The molecule has 0 radical (unpaired) electrons. The first kappa shape index (κ1) is 16.5. The summed E-state index contributed by atoms with van der Waals surface area (Å²) in [5.74, 6) is 0.959. The second-order valence-electron chi connectivity index (χ2n) is 6.65. The van der Waals surface area contributed by atoms with Crippen LogP contribution in [0.3, 0.4) is 0 Å². The Morgan fingerprint density at radius 2 is 2.05 bits per heavy atom. The first-order valence-electron chi connectivity index (χ1n) is 9.04. The lowest BCUT2D eigenvalue weighted by Gasteiger charge is -2.30. The van der Waals surface area contributed by atoms with Crippen LogP contribution in [0.15, 0.2) is 12.3 Å². The molecule has 1 heterocycles. The molecule has 1 aromatic rings. The van der Waals surface area contributed by atoms with Crippen molar-refractivity contribution in [3.63, 3.8) is 0 Å². The van der Waals surface area contributed by atoms with Gasteiger partial charge in [-0.3, -0.25) is 4.68 Å². The number of rotatable bonds is 10. The van der Waals surface area contributed by atoms with Crippen molar-refractivity contribution in [1.82, 2.24) is 15.1 Å². The Morgan fingerprint density at radius 3 is 2.62 bits per heavy atom. The summed E-state index contributed by atoms with van der Waals surface area (Å²) in [7, 11) is 0. The quantitative estimate of drug-likeness (QED) is 0.694. The Labute approximate surface area is 130 Å². The molecule has 1 saturated carbocycles. The summed E-state index contributed by atoms with van der Waals surface area (Å²) in [5, 5.41) is 8.56. The summed E-state index contributed by atoms with van der Waals surface area (Å²) in [6, 6.07) is 3.40. The van der Waals surface area contributed by atoms with Gasteiger partial charge < -0.3 is 5.32 Å². The van der Waals surface area contributed by atoms with Crippen molar-refractivity contribution in [2.24, 2.45) is 5.92 Å². The van der Waals surface area contributed by atoms with E-state index in [0.717, 1.165) is 31.7 Å². The molecular weight excluding hydrogens is 258 g/mol. The molecule has 1 aliphatic rings. The Hall–Kier alpha value is -0.830. The third-order valence-corrected chi connectivity index (χ3v) is 4.96. The average molecular weight is 291 g/mol. The molecule has 3 nitrogen and oxygen atoms in total. The first-order chi connectivity index (χ1) is 10.3. The number of aromatic nitrogens is 2. The summed E-state index contributed by atoms with van der Waals surface area (Å²) in [5.41, 5.74) is 1.26. The van der Waals surface area contributed by atoms with Crippen LogP contribution >= 0.6 is 0 Å². The van der Waals surface area contributed by atoms with E-state index in [1.807, 2.05) is 0 Å². The molecule has 21 heavy (non-hydrogen) atoms. The minimum Gasteiger partial charge on any atom is -0.314 e. The Kier molecular flexibility index (Phi) is 6.75. The van der Waals surface area contributed by atoms with E-state index in [1.54, 1.807) is 0 Å². The predicted octanol–water partition coefficient (Wildman–Crippen LogP) is 4.35. The largest absolute Gasteiger partial charge is 0.314 e. The maximum atomic E-state index is 4.83. The SMILES string of the molecule is CCCNC(Cc1ccn(C(CC)CC)n1)CC1CCC1. The highest BCUT2D eigenvalue weighted by Gasteiger charge is 2.22. The van der Waals surface area contributed by atoms with Crippen LogP contribution in [0.2, 0.25) is 0 Å². The molecule has 3 heteroatoms. The van der Waals surface area contributed by atoms with Crippen molar-refractivity contribution in [3.05, 3.63) is 18.0 Å². The highest BCUT2D eigenvalue weighted by atomic mass is 15.3. The predicted molar refractivity (Wildman–Crippen MR) is 89.6 cm³/mol. The van der Waals surface area contributed by atoms with Crippen LogP contribution in [0.5, 0.6) is 0 Å². The van der Waals surface area contributed by atoms with Crippen LogP contribution in [0.1, 0.15) is 77.5 Å². The lowest BCUT2D eigenvalue weighted by atomic mass is 9.80. The van der Waals surface area contributed by atoms with Crippen LogP contribution in [-0.2, 0) is 6.42 Å². The van der Waals surface area contributed by atoms with Gasteiger partial charge in [0.1, 0.15) is 0 Å². The van der Waals surface area contributed by atoms with Crippen LogP contribution in [0.4, 0.5) is 0 Å². The normalized spacial score (nSPS) is 17.1. The maximum Gasteiger partial charge on any atom is 0.0640 e. The second-order valence-corrected chi connectivity index (χ2v) is 6.65.